The topological polar surface area (TPSA) is 212 Å². The second-order valence-electron chi connectivity index (χ2n) is 15.1. The van der Waals surface area contributed by atoms with Crippen LogP contribution in [0.2, 0.25) is 0 Å². The van der Waals surface area contributed by atoms with E-state index in [1.54, 1.807) is 0 Å². The summed E-state index contributed by atoms with van der Waals surface area (Å²) in [5.74, 6) is -0.684. The van der Waals surface area contributed by atoms with Crippen molar-refractivity contribution < 1.29 is 57.0 Å². The number of unbranched alkanes of at least 4 members (excludes halogenated alkanes) is 19. The van der Waals surface area contributed by atoms with Crippen LogP contribution in [0.5, 0.6) is 0 Å². The van der Waals surface area contributed by atoms with E-state index in [9.17, 15) is 38.7 Å². The summed E-state index contributed by atoms with van der Waals surface area (Å²) in [6, 6.07) is -1.04. The first-order chi connectivity index (χ1) is 26.4. The fourth-order valence-corrected chi connectivity index (χ4v) is 7.20. The Bertz CT molecular complexity index is 1110. The predicted molar refractivity (Wildman–Crippen MR) is 215 cm³/mol. The Morgan fingerprint density at radius 3 is 1.73 bits per heavy atom. The van der Waals surface area contributed by atoms with Crippen LogP contribution >= 0.6 is 0 Å². The molecule has 7 N–H and O–H groups in total. The first-order valence-electron chi connectivity index (χ1n) is 21.3. The average molecular weight is 808 g/mol. The minimum atomic E-state index is -5.11. The molecule has 0 radical (unpaired) electrons. The summed E-state index contributed by atoms with van der Waals surface area (Å²) in [6.07, 6.45) is 22.3. The highest BCUT2D eigenvalue weighted by molar-refractivity contribution is 7.80. The normalized spacial score (nSPS) is 22.4. The fourth-order valence-electron chi connectivity index (χ4n) is 6.69. The monoisotopic (exact) mass is 808 g/mol. The van der Waals surface area contributed by atoms with Crippen LogP contribution in [0.15, 0.2) is 24.3 Å². The van der Waals surface area contributed by atoms with Gasteiger partial charge in [0.15, 0.2) is 6.29 Å². The minimum absolute atomic E-state index is 0.242. The van der Waals surface area contributed by atoms with Crippen LogP contribution in [0.4, 0.5) is 0 Å². The van der Waals surface area contributed by atoms with E-state index in [4.69, 9.17) is 14.0 Å². The standard InChI is InChI=1S/C41H77NO12S/c1-3-5-7-9-11-13-15-17-18-20-22-24-26-28-30-35(45)40(48)42-33(34(44)29-27-25-23-21-19-16-14-12-10-8-6-4-2)32-52-41-38(47)39(54-55(49,50)51)37(46)36(31-43)53-41/h11,13,15,17,33-39,41,43-47H,3-10,12,14,16,18-32H2,1-2H3,(H,42,48)(H,49,50,51)/b13-11-,17-15-. The molecule has 1 fully saturated rings. The van der Waals surface area contributed by atoms with Crippen LogP contribution in [0, 0.1) is 0 Å². The smallest absolute Gasteiger partial charge is 0.394 e. The lowest BCUT2D eigenvalue weighted by atomic mass is 9.99. The molecule has 8 atom stereocenters. The van der Waals surface area contributed by atoms with Gasteiger partial charge in [0.05, 0.1) is 25.4 Å². The highest BCUT2D eigenvalue weighted by Gasteiger charge is 2.48. The third kappa shape index (κ3) is 25.5. The number of ether oxygens (including phenoxy) is 2. The Hall–Kier alpha value is -1.46. The minimum Gasteiger partial charge on any atom is -0.394 e. The third-order valence-corrected chi connectivity index (χ3v) is 10.6. The van der Waals surface area contributed by atoms with Crippen LogP contribution in [-0.4, -0.2) is 107 Å². The number of carbonyl (C=O) groups is 1. The molecule has 1 rings (SSSR count). The van der Waals surface area contributed by atoms with Crippen molar-refractivity contribution in [3.63, 3.8) is 0 Å². The van der Waals surface area contributed by atoms with Crippen molar-refractivity contribution in [3.05, 3.63) is 24.3 Å². The molecule has 0 saturated carbocycles. The van der Waals surface area contributed by atoms with Gasteiger partial charge >= 0.3 is 10.4 Å². The number of allylic oxidation sites excluding steroid dienone is 4. The summed E-state index contributed by atoms with van der Waals surface area (Å²) in [5, 5.41) is 55.1. The van der Waals surface area contributed by atoms with Gasteiger partial charge in [0.25, 0.3) is 0 Å². The molecule has 1 amide bonds. The Morgan fingerprint density at radius 1 is 0.727 bits per heavy atom. The first kappa shape index (κ1) is 51.6. The van der Waals surface area contributed by atoms with Crippen molar-refractivity contribution in [2.24, 2.45) is 0 Å². The van der Waals surface area contributed by atoms with Crippen LogP contribution < -0.4 is 5.32 Å². The summed E-state index contributed by atoms with van der Waals surface area (Å²) in [4.78, 5) is 13.1. The molecular formula is C41H77NO12S. The number of nitrogens with one attached hydrogen (secondary N) is 1. The van der Waals surface area contributed by atoms with Crippen LogP contribution in [0.25, 0.3) is 0 Å². The van der Waals surface area contributed by atoms with E-state index >= 15 is 0 Å². The Balaban J connectivity index is 2.63. The molecule has 0 aliphatic carbocycles. The molecule has 0 aromatic rings. The van der Waals surface area contributed by atoms with Crippen molar-refractivity contribution in [1.82, 2.24) is 5.32 Å². The highest BCUT2D eigenvalue weighted by Crippen LogP contribution is 2.26. The Morgan fingerprint density at radius 2 is 1.20 bits per heavy atom. The molecular weight excluding hydrogens is 731 g/mol. The molecule has 1 aliphatic rings. The molecule has 13 nitrogen and oxygen atoms in total. The molecule has 8 unspecified atom stereocenters. The molecule has 14 heteroatoms. The van der Waals surface area contributed by atoms with Crippen LogP contribution in [-0.2, 0) is 28.9 Å². The number of hydrogen-bond donors (Lipinski definition) is 7. The van der Waals surface area contributed by atoms with E-state index in [0.717, 1.165) is 57.8 Å². The van der Waals surface area contributed by atoms with E-state index in [-0.39, 0.29) is 6.42 Å². The van der Waals surface area contributed by atoms with E-state index in [2.05, 4.69) is 47.7 Å². The SMILES string of the molecule is CCCCC/C=C\C=C/CCCCCCCC(O)C(=O)NC(COC1OC(CO)C(O)C(OS(=O)(=O)O)C1O)C(O)CCCCCCCCCCCCCC. The number of carbonyl (C=O) groups excluding carboxylic acids is 1. The van der Waals surface area contributed by atoms with E-state index < -0.39 is 78.5 Å². The zero-order valence-electron chi connectivity index (χ0n) is 33.9. The van der Waals surface area contributed by atoms with Crippen molar-refractivity contribution in [1.29, 1.82) is 0 Å². The van der Waals surface area contributed by atoms with E-state index in [1.165, 1.54) is 70.6 Å². The van der Waals surface area contributed by atoms with E-state index in [0.29, 0.717) is 19.3 Å². The van der Waals surface area contributed by atoms with Gasteiger partial charge in [0.1, 0.15) is 30.5 Å². The summed E-state index contributed by atoms with van der Waals surface area (Å²) >= 11 is 0. The molecule has 0 bridgehead atoms. The zero-order chi connectivity index (χ0) is 40.7. The number of hydrogen-bond acceptors (Lipinski definition) is 11. The molecule has 1 aliphatic heterocycles. The van der Waals surface area contributed by atoms with Gasteiger partial charge in [-0.1, -0.05) is 154 Å². The third-order valence-electron chi connectivity index (χ3n) is 10.1. The van der Waals surface area contributed by atoms with Gasteiger partial charge in [-0.25, -0.2) is 4.18 Å². The second-order valence-corrected chi connectivity index (χ2v) is 16.1. The van der Waals surface area contributed by atoms with Crippen molar-refractivity contribution >= 4 is 16.3 Å². The first-order valence-corrected chi connectivity index (χ1v) is 22.7. The Labute approximate surface area is 332 Å². The van der Waals surface area contributed by atoms with Crippen molar-refractivity contribution in [2.75, 3.05) is 13.2 Å². The molecule has 0 aromatic heterocycles. The number of rotatable bonds is 35. The zero-order valence-corrected chi connectivity index (χ0v) is 34.7. The van der Waals surface area contributed by atoms with Crippen LogP contribution in [0.3, 0.4) is 0 Å². The van der Waals surface area contributed by atoms with Gasteiger partial charge in [-0.05, 0) is 38.5 Å². The van der Waals surface area contributed by atoms with Gasteiger partial charge in [-0.3, -0.25) is 9.35 Å². The maximum atomic E-state index is 13.1. The summed E-state index contributed by atoms with van der Waals surface area (Å²) in [6.45, 7) is 3.20. The molecule has 1 heterocycles. The summed E-state index contributed by atoms with van der Waals surface area (Å²) in [7, 11) is -5.11. The molecule has 0 spiro atoms. The average Bonchev–Trinajstić information content (AvgIpc) is 3.15. The van der Waals surface area contributed by atoms with Gasteiger partial charge in [-0.2, -0.15) is 8.42 Å². The lowest BCUT2D eigenvalue weighted by molar-refractivity contribution is -0.298. The fraction of sp³-hybridized carbons (Fsp3) is 0.878. The molecule has 0 aromatic carbocycles. The molecule has 324 valence electrons. The lowest BCUT2D eigenvalue weighted by Gasteiger charge is -2.41. The lowest BCUT2D eigenvalue weighted by Crippen LogP contribution is -2.61. The Kier molecular flexibility index (Phi) is 30.5. The summed E-state index contributed by atoms with van der Waals surface area (Å²) in [5.41, 5.74) is 0. The highest BCUT2D eigenvalue weighted by atomic mass is 32.3. The number of amides is 1. The van der Waals surface area contributed by atoms with Crippen molar-refractivity contribution in [3.8, 4) is 0 Å². The quantitative estimate of drug-likeness (QED) is 0.0212. The molecule has 55 heavy (non-hydrogen) atoms. The van der Waals surface area contributed by atoms with Crippen LogP contribution in [0.1, 0.15) is 168 Å². The largest absolute Gasteiger partial charge is 0.397 e. The number of aliphatic hydroxyl groups excluding tert-OH is 5. The molecule has 1 saturated heterocycles. The maximum Gasteiger partial charge on any atom is 0.397 e. The van der Waals surface area contributed by atoms with E-state index in [1.807, 2.05) is 0 Å². The van der Waals surface area contributed by atoms with Crippen molar-refractivity contribution in [2.45, 2.75) is 217 Å². The van der Waals surface area contributed by atoms with Gasteiger partial charge in [0, 0.05) is 0 Å². The second kappa shape index (κ2) is 32.5. The van der Waals surface area contributed by atoms with Gasteiger partial charge in [-0.15, -0.1) is 0 Å². The number of aliphatic hydroxyl groups is 5. The van der Waals surface area contributed by atoms with Gasteiger partial charge in [0.2, 0.25) is 5.91 Å². The predicted octanol–water partition coefficient (Wildman–Crippen LogP) is 6.35. The van der Waals surface area contributed by atoms with Gasteiger partial charge < -0.3 is 40.3 Å². The summed E-state index contributed by atoms with van der Waals surface area (Å²) < 4.78 is 47.4. The maximum absolute atomic E-state index is 13.1.